The van der Waals surface area contributed by atoms with Crippen LogP contribution in [0.4, 0.5) is 10.1 Å². The van der Waals surface area contributed by atoms with E-state index in [0.29, 0.717) is 27.6 Å². The summed E-state index contributed by atoms with van der Waals surface area (Å²) >= 11 is 6.11. The Hall–Kier alpha value is -3.18. The fraction of sp³-hybridized carbons (Fsp3) is 0.0476. The number of rotatable bonds is 4. The first kappa shape index (κ1) is 17.2. The van der Waals surface area contributed by atoms with Crippen molar-refractivity contribution in [3.05, 3.63) is 83.6 Å². The van der Waals surface area contributed by atoms with Crippen LogP contribution in [0.2, 0.25) is 5.02 Å². The maximum Gasteiger partial charge on any atom is 0.244 e. The Balaban J connectivity index is 1.74. The Kier molecular flexibility index (Phi) is 4.60. The highest BCUT2D eigenvalue weighted by molar-refractivity contribution is 6.33. The van der Waals surface area contributed by atoms with Gasteiger partial charge in [0.2, 0.25) is 5.91 Å². The third-order valence-electron chi connectivity index (χ3n) is 4.22. The molecular formula is C21H15ClFN3O. The standard InChI is InChI=1S/C21H15ClFN3O/c22-15-8-2-4-10-17(15)24-20(27)13-26-19-12-6-5-11-18(19)25-21(26)14-7-1-3-9-16(14)23/h1-12H,13H2,(H,24,27). The molecule has 4 aromatic rings. The first-order valence-electron chi connectivity index (χ1n) is 8.38. The fourth-order valence-electron chi connectivity index (χ4n) is 2.98. The van der Waals surface area contributed by atoms with Crippen molar-refractivity contribution in [2.75, 3.05) is 5.32 Å². The van der Waals surface area contributed by atoms with E-state index in [2.05, 4.69) is 10.3 Å². The number of benzene rings is 3. The maximum atomic E-state index is 14.3. The topological polar surface area (TPSA) is 46.9 Å². The van der Waals surface area contributed by atoms with Gasteiger partial charge < -0.3 is 9.88 Å². The van der Waals surface area contributed by atoms with Gasteiger partial charge in [0.1, 0.15) is 18.2 Å². The van der Waals surface area contributed by atoms with Crippen LogP contribution < -0.4 is 5.32 Å². The second-order valence-corrected chi connectivity index (χ2v) is 6.43. The van der Waals surface area contributed by atoms with Crippen LogP contribution >= 0.6 is 11.6 Å². The quantitative estimate of drug-likeness (QED) is 0.534. The summed E-state index contributed by atoms with van der Waals surface area (Å²) in [6.45, 7) is -0.0184. The van der Waals surface area contributed by atoms with Gasteiger partial charge >= 0.3 is 0 Å². The van der Waals surface area contributed by atoms with Gasteiger partial charge in [-0.15, -0.1) is 0 Å². The molecule has 0 unspecified atom stereocenters. The van der Waals surface area contributed by atoms with E-state index < -0.39 is 0 Å². The Morgan fingerprint density at radius 3 is 2.52 bits per heavy atom. The van der Waals surface area contributed by atoms with E-state index in [4.69, 9.17) is 11.6 Å². The highest BCUT2D eigenvalue weighted by atomic mass is 35.5. The molecule has 0 aliphatic heterocycles. The van der Waals surface area contributed by atoms with E-state index in [-0.39, 0.29) is 18.3 Å². The smallest absolute Gasteiger partial charge is 0.244 e. The number of carbonyl (C=O) groups excluding carboxylic acids is 1. The molecule has 0 bridgehead atoms. The Labute approximate surface area is 160 Å². The number of fused-ring (bicyclic) bond motifs is 1. The molecule has 134 valence electrons. The van der Waals surface area contributed by atoms with E-state index in [1.54, 1.807) is 47.0 Å². The molecule has 0 fully saturated rings. The van der Waals surface area contributed by atoms with E-state index in [9.17, 15) is 9.18 Å². The Morgan fingerprint density at radius 2 is 1.70 bits per heavy atom. The van der Waals surface area contributed by atoms with Crippen molar-refractivity contribution in [3.8, 4) is 11.4 Å². The molecule has 1 amide bonds. The Morgan fingerprint density at radius 1 is 1.00 bits per heavy atom. The zero-order valence-corrected chi connectivity index (χ0v) is 14.9. The first-order valence-corrected chi connectivity index (χ1v) is 8.76. The van der Waals surface area contributed by atoms with Crippen LogP contribution in [0.25, 0.3) is 22.4 Å². The van der Waals surface area contributed by atoms with Gasteiger partial charge in [-0.25, -0.2) is 9.37 Å². The lowest BCUT2D eigenvalue weighted by Crippen LogP contribution is -2.19. The van der Waals surface area contributed by atoms with Gasteiger partial charge in [0, 0.05) is 0 Å². The highest BCUT2D eigenvalue weighted by Gasteiger charge is 2.17. The van der Waals surface area contributed by atoms with Crippen molar-refractivity contribution < 1.29 is 9.18 Å². The number of hydrogen-bond acceptors (Lipinski definition) is 2. The Bertz CT molecular complexity index is 1140. The molecule has 3 aromatic carbocycles. The van der Waals surface area contributed by atoms with E-state index >= 15 is 0 Å². The normalized spacial score (nSPS) is 10.9. The summed E-state index contributed by atoms with van der Waals surface area (Å²) in [5.74, 6) is -0.256. The van der Waals surface area contributed by atoms with Crippen LogP contribution in [-0.4, -0.2) is 15.5 Å². The minimum Gasteiger partial charge on any atom is -0.323 e. The fourth-order valence-corrected chi connectivity index (χ4v) is 3.16. The number of halogens is 2. The van der Waals surface area contributed by atoms with Crippen LogP contribution in [0.15, 0.2) is 72.8 Å². The van der Waals surface area contributed by atoms with E-state index in [1.807, 2.05) is 24.3 Å². The van der Waals surface area contributed by atoms with Crippen LogP contribution in [0.3, 0.4) is 0 Å². The average Bonchev–Trinajstić information content (AvgIpc) is 3.02. The van der Waals surface area contributed by atoms with E-state index in [1.165, 1.54) is 6.07 Å². The van der Waals surface area contributed by atoms with Crippen LogP contribution in [-0.2, 0) is 11.3 Å². The number of carbonyl (C=O) groups is 1. The molecule has 1 aromatic heterocycles. The molecule has 0 aliphatic rings. The molecular weight excluding hydrogens is 365 g/mol. The van der Waals surface area contributed by atoms with Gasteiger partial charge in [-0.05, 0) is 36.4 Å². The number of nitrogens with one attached hydrogen (secondary N) is 1. The van der Waals surface area contributed by atoms with E-state index in [0.717, 1.165) is 5.52 Å². The third-order valence-corrected chi connectivity index (χ3v) is 4.55. The first-order chi connectivity index (χ1) is 13.1. The van der Waals surface area contributed by atoms with Gasteiger partial charge in [0.05, 0.1) is 27.3 Å². The number of aromatic nitrogens is 2. The summed E-state index contributed by atoms with van der Waals surface area (Å²) in [5, 5.41) is 3.25. The molecule has 1 heterocycles. The second kappa shape index (κ2) is 7.21. The SMILES string of the molecule is O=C(Cn1c(-c2ccccc2F)nc2ccccc21)Nc1ccccc1Cl. The highest BCUT2D eigenvalue weighted by Crippen LogP contribution is 2.27. The lowest BCUT2D eigenvalue weighted by Gasteiger charge is -2.11. The minimum absolute atomic E-state index is 0.0184. The van der Waals surface area contributed by atoms with Crippen molar-refractivity contribution >= 4 is 34.2 Å². The molecule has 0 saturated heterocycles. The molecule has 0 spiro atoms. The van der Waals surface area contributed by atoms with Gasteiger partial charge in [-0.2, -0.15) is 0 Å². The van der Waals surface area contributed by atoms with Crippen LogP contribution in [0, 0.1) is 5.82 Å². The summed E-state index contributed by atoms with van der Waals surface area (Å²) in [6, 6.07) is 20.8. The summed E-state index contributed by atoms with van der Waals surface area (Å²) in [4.78, 5) is 17.2. The summed E-state index contributed by atoms with van der Waals surface area (Å²) in [7, 11) is 0. The molecule has 4 nitrogen and oxygen atoms in total. The number of imidazole rings is 1. The molecule has 0 aliphatic carbocycles. The van der Waals surface area contributed by atoms with Gasteiger partial charge in [-0.1, -0.05) is 48.0 Å². The van der Waals surface area contributed by atoms with Crippen molar-refractivity contribution in [2.24, 2.45) is 0 Å². The van der Waals surface area contributed by atoms with Crippen molar-refractivity contribution in [2.45, 2.75) is 6.54 Å². The van der Waals surface area contributed by atoms with Crippen LogP contribution in [0.1, 0.15) is 0 Å². The lowest BCUT2D eigenvalue weighted by molar-refractivity contribution is -0.116. The lowest BCUT2D eigenvalue weighted by atomic mass is 10.2. The minimum atomic E-state index is -0.388. The van der Waals surface area contributed by atoms with Gasteiger partial charge in [0.15, 0.2) is 0 Å². The number of nitrogens with zero attached hydrogens (tertiary/aromatic N) is 2. The summed E-state index contributed by atoms with van der Waals surface area (Å²) < 4.78 is 16.1. The zero-order valence-electron chi connectivity index (χ0n) is 14.2. The number of hydrogen-bond donors (Lipinski definition) is 1. The average molecular weight is 380 g/mol. The molecule has 1 N–H and O–H groups in total. The third kappa shape index (κ3) is 3.41. The maximum absolute atomic E-state index is 14.3. The molecule has 6 heteroatoms. The predicted molar refractivity (Wildman–Crippen MR) is 105 cm³/mol. The van der Waals surface area contributed by atoms with Crippen molar-refractivity contribution in [1.82, 2.24) is 9.55 Å². The number of amides is 1. The monoisotopic (exact) mass is 379 g/mol. The number of anilines is 1. The number of para-hydroxylation sites is 3. The molecule has 0 atom stereocenters. The van der Waals surface area contributed by atoms with Gasteiger partial charge in [-0.3, -0.25) is 4.79 Å². The molecule has 27 heavy (non-hydrogen) atoms. The van der Waals surface area contributed by atoms with Crippen molar-refractivity contribution in [1.29, 1.82) is 0 Å². The van der Waals surface area contributed by atoms with Crippen LogP contribution in [0.5, 0.6) is 0 Å². The molecule has 0 saturated carbocycles. The predicted octanol–water partition coefficient (Wildman–Crippen LogP) is 5.13. The molecule has 0 radical (unpaired) electrons. The van der Waals surface area contributed by atoms with Crippen molar-refractivity contribution in [3.63, 3.8) is 0 Å². The second-order valence-electron chi connectivity index (χ2n) is 6.02. The largest absolute Gasteiger partial charge is 0.323 e. The zero-order chi connectivity index (χ0) is 18.8. The summed E-state index contributed by atoms with van der Waals surface area (Å²) in [6.07, 6.45) is 0. The molecule has 4 rings (SSSR count). The van der Waals surface area contributed by atoms with Gasteiger partial charge in [0.25, 0.3) is 0 Å². The summed E-state index contributed by atoms with van der Waals surface area (Å²) in [5.41, 5.74) is 2.33.